The highest BCUT2D eigenvalue weighted by molar-refractivity contribution is 5.32. The molecular formula is C16H24N2O. The molecule has 3 rings (SSSR count). The van der Waals surface area contributed by atoms with Crippen LogP contribution in [0.25, 0.3) is 0 Å². The first-order valence-corrected chi connectivity index (χ1v) is 7.45. The minimum atomic E-state index is 0.113. The van der Waals surface area contributed by atoms with Crippen molar-refractivity contribution in [1.82, 2.24) is 4.90 Å². The summed E-state index contributed by atoms with van der Waals surface area (Å²) in [6, 6.07) is 9.59. The zero-order valence-corrected chi connectivity index (χ0v) is 11.7. The average Bonchev–Trinajstić information content (AvgIpc) is 2.47. The van der Waals surface area contributed by atoms with Crippen LogP contribution in [0.2, 0.25) is 0 Å². The number of morpholine rings is 1. The summed E-state index contributed by atoms with van der Waals surface area (Å²) in [7, 11) is 0. The van der Waals surface area contributed by atoms with E-state index in [9.17, 15) is 0 Å². The molecule has 1 aliphatic carbocycles. The van der Waals surface area contributed by atoms with E-state index in [-0.39, 0.29) is 12.1 Å². The summed E-state index contributed by atoms with van der Waals surface area (Å²) < 4.78 is 5.78. The molecule has 1 aliphatic heterocycles. The molecule has 3 unspecified atom stereocenters. The monoisotopic (exact) mass is 260 g/mol. The van der Waals surface area contributed by atoms with Crippen molar-refractivity contribution in [2.24, 2.45) is 5.73 Å². The number of rotatable bonds is 2. The van der Waals surface area contributed by atoms with Crippen LogP contribution in [0.4, 0.5) is 0 Å². The minimum absolute atomic E-state index is 0.113. The van der Waals surface area contributed by atoms with Crippen LogP contribution >= 0.6 is 0 Å². The van der Waals surface area contributed by atoms with Crippen LogP contribution in [-0.4, -0.2) is 36.7 Å². The van der Waals surface area contributed by atoms with Gasteiger partial charge in [0.15, 0.2) is 0 Å². The van der Waals surface area contributed by atoms with E-state index in [0.29, 0.717) is 6.04 Å². The number of hydrogen-bond donors (Lipinski definition) is 1. The van der Waals surface area contributed by atoms with E-state index in [4.69, 9.17) is 10.5 Å². The summed E-state index contributed by atoms with van der Waals surface area (Å²) in [5.74, 6) is 0. The van der Waals surface area contributed by atoms with Gasteiger partial charge in [0.05, 0.1) is 12.7 Å². The van der Waals surface area contributed by atoms with E-state index in [0.717, 1.165) is 19.7 Å². The smallest absolute Gasteiger partial charge is 0.0850 e. The Morgan fingerprint density at radius 1 is 1.37 bits per heavy atom. The molecule has 0 spiro atoms. The Morgan fingerprint density at radius 2 is 2.21 bits per heavy atom. The molecule has 104 valence electrons. The van der Waals surface area contributed by atoms with Gasteiger partial charge in [-0.3, -0.25) is 4.90 Å². The molecule has 3 atom stereocenters. The molecule has 0 aromatic heterocycles. The molecule has 0 saturated carbocycles. The van der Waals surface area contributed by atoms with Gasteiger partial charge in [0.2, 0.25) is 0 Å². The van der Waals surface area contributed by atoms with Crippen molar-refractivity contribution in [3.05, 3.63) is 35.4 Å². The van der Waals surface area contributed by atoms with Crippen LogP contribution < -0.4 is 5.73 Å². The van der Waals surface area contributed by atoms with Crippen LogP contribution in [-0.2, 0) is 11.2 Å². The van der Waals surface area contributed by atoms with Crippen molar-refractivity contribution < 1.29 is 4.74 Å². The normalized spacial score (nSPS) is 29.8. The highest BCUT2D eigenvalue weighted by Crippen LogP contribution is 2.35. The second-order valence-electron chi connectivity index (χ2n) is 5.87. The SMILES string of the molecule is CC(N)C1CN(C2CCCc3ccccc32)CCO1. The van der Waals surface area contributed by atoms with E-state index < -0.39 is 0 Å². The molecule has 3 nitrogen and oxygen atoms in total. The highest BCUT2D eigenvalue weighted by Gasteiger charge is 2.31. The maximum Gasteiger partial charge on any atom is 0.0850 e. The Labute approximate surface area is 115 Å². The first kappa shape index (κ1) is 13.1. The van der Waals surface area contributed by atoms with Gasteiger partial charge < -0.3 is 10.5 Å². The molecule has 0 bridgehead atoms. The molecule has 2 aliphatic rings. The van der Waals surface area contributed by atoms with Gasteiger partial charge >= 0.3 is 0 Å². The predicted molar refractivity (Wildman–Crippen MR) is 77.1 cm³/mol. The van der Waals surface area contributed by atoms with Crippen LogP contribution in [0.15, 0.2) is 24.3 Å². The lowest BCUT2D eigenvalue weighted by atomic mass is 9.86. The third-order valence-corrected chi connectivity index (χ3v) is 4.49. The van der Waals surface area contributed by atoms with E-state index in [1.165, 1.54) is 30.4 Å². The Kier molecular flexibility index (Phi) is 3.87. The van der Waals surface area contributed by atoms with Crippen molar-refractivity contribution in [1.29, 1.82) is 0 Å². The van der Waals surface area contributed by atoms with Crippen molar-refractivity contribution in [3.8, 4) is 0 Å². The summed E-state index contributed by atoms with van der Waals surface area (Å²) in [6.45, 7) is 4.85. The zero-order valence-electron chi connectivity index (χ0n) is 11.7. The second kappa shape index (κ2) is 5.61. The molecule has 1 aromatic rings. The van der Waals surface area contributed by atoms with Gasteiger partial charge in [-0.15, -0.1) is 0 Å². The zero-order chi connectivity index (χ0) is 13.2. The van der Waals surface area contributed by atoms with Crippen LogP contribution in [0.3, 0.4) is 0 Å². The fraction of sp³-hybridized carbons (Fsp3) is 0.625. The van der Waals surface area contributed by atoms with Crippen molar-refractivity contribution >= 4 is 0 Å². The van der Waals surface area contributed by atoms with E-state index in [1.807, 2.05) is 6.92 Å². The average molecular weight is 260 g/mol. The third kappa shape index (κ3) is 2.69. The lowest BCUT2D eigenvalue weighted by molar-refractivity contribution is -0.0542. The van der Waals surface area contributed by atoms with E-state index in [2.05, 4.69) is 29.2 Å². The van der Waals surface area contributed by atoms with Gasteiger partial charge in [0.25, 0.3) is 0 Å². The third-order valence-electron chi connectivity index (χ3n) is 4.49. The largest absolute Gasteiger partial charge is 0.374 e. The van der Waals surface area contributed by atoms with Gasteiger partial charge in [0.1, 0.15) is 0 Å². The molecular weight excluding hydrogens is 236 g/mol. The van der Waals surface area contributed by atoms with Gasteiger partial charge in [-0.25, -0.2) is 0 Å². The quantitative estimate of drug-likeness (QED) is 0.885. The molecule has 19 heavy (non-hydrogen) atoms. The molecule has 1 fully saturated rings. The standard InChI is InChI=1S/C16H24N2O/c1-12(17)16-11-18(9-10-19-16)15-8-4-6-13-5-2-3-7-14(13)15/h2-3,5,7,12,15-16H,4,6,8-11,17H2,1H3. The maximum absolute atomic E-state index is 6.00. The highest BCUT2D eigenvalue weighted by atomic mass is 16.5. The number of nitrogens with zero attached hydrogens (tertiary/aromatic N) is 1. The lowest BCUT2D eigenvalue weighted by Crippen LogP contribution is -2.50. The second-order valence-corrected chi connectivity index (χ2v) is 5.87. The number of fused-ring (bicyclic) bond motifs is 1. The topological polar surface area (TPSA) is 38.5 Å². The molecule has 0 radical (unpaired) electrons. The van der Waals surface area contributed by atoms with Crippen molar-refractivity contribution in [3.63, 3.8) is 0 Å². The van der Waals surface area contributed by atoms with Crippen LogP contribution in [0.5, 0.6) is 0 Å². The minimum Gasteiger partial charge on any atom is -0.374 e. The van der Waals surface area contributed by atoms with Crippen molar-refractivity contribution in [2.75, 3.05) is 19.7 Å². The number of aryl methyl sites for hydroxylation is 1. The van der Waals surface area contributed by atoms with Gasteiger partial charge in [-0.2, -0.15) is 0 Å². The fourth-order valence-corrected chi connectivity index (χ4v) is 3.41. The molecule has 1 heterocycles. The van der Waals surface area contributed by atoms with Gasteiger partial charge in [0, 0.05) is 25.2 Å². The summed E-state index contributed by atoms with van der Waals surface area (Å²) >= 11 is 0. The van der Waals surface area contributed by atoms with E-state index in [1.54, 1.807) is 0 Å². The van der Waals surface area contributed by atoms with E-state index >= 15 is 0 Å². The summed E-state index contributed by atoms with van der Waals surface area (Å²) in [5, 5.41) is 0. The summed E-state index contributed by atoms with van der Waals surface area (Å²) in [4.78, 5) is 2.58. The summed E-state index contributed by atoms with van der Waals surface area (Å²) in [5.41, 5.74) is 9.06. The van der Waals surface area contributed by atoms with Crippen molar-refractivity contribution in [2.45, 2.75) is 44.4 Å². The Morgan fingerprint density at radius 3 is 3.05 bits per heavy atom. The molecule has 3 heteroatoms. The first-order chi connectivity index (χ1) is 9.25. The molecule has 1 saturated heterocycles. The Hall–Kier alpha value is -0.900. The molecule has 0 amide bonds. The predicted octanol–water partition coefficient (Wildman–Crippen LogP) is 2.11. The molecule has 2 N–H and O–H groups in total. The summed E-state index contributed by atoms with van der Waals surface area (Å²) in [6.07, 6.45) is 3.97. The number of benzene rings is 1. The molecule has 1 aromatic carbocycles. The first-order valence-electron chi connectivity index (χ1n) is 7.45. The number of hydrogen-bond acceptors (Lipinski definition) is 3. The fourth-order valence-electron chi connectivity index (χ4n) is 3.41. The Balaban J connectivity index is 1.79. The maximum atomic E-state index is 6.00. The van der Waals surface area contributed by atoms with Crippen LogP contribution in [0.1, 0.15) is 36.9 Å². The van der Waals surface area contributed by atoms with Gasteiger partial charge in [-0.1, -0.05) is 24.3 Å². The Bertz CT molecular complexity index is 433. The lowest BCUT2D eigenvalue weighted by Gasteiger charge is -2.41. The number of nitrogens with two attached hydrogens (primary N) is 1. The van der Waals surface area contributed by atoms with Crippen LogP contribution in [0, 0.1) is 0 Å². The van der Waals surface area contributed by atoms with Gasteiger partial charge in [-0.05, 0) is 37.3 Å². The number of ether oxygens (including phenoxy) is 1.